The van der Waals surface area contributed by atoms with Crippen molar-refractivity contribution in [1.82, 2.24) is 4.98 Å². The van der Waals surface area contributed by atoms with Crippen LogP contribution in [0.4, 0.5) is 5.69 Å². The van der Waals surface area contributed by atoms with E-state index in [2.05, 4.69) is 10.3 Å². The van der Waals surface area contributed by atoms with E-state index in [-0.39, 0.29) is 12.2 Å². The SMILES string of the molecule is CC(C)OP(=O)(OC(C)C)[C@@H](Nc1ccccc1)c1cccnc1. The minimum atomic E-state index is -3.48. The van der Waals surface area contributed by atoms with E-state index >= 15 is 0 Å². The van der Waals surface area contributed by atoms with Gasteiger partial charge in [-0.05, 0) is 45.9 Å². The molecule has 0 saturated carbocycles. The van der Waals surface area contributed by atoms with Crippen LogP contribution < -0.4 is 5.32 Å². The van der Waals surface area contributed by atoms with Crippen molar-refractivity contribution < 1.29 is 13.6 Å². The lowest BCUT2D eigenvalue weighted by molar-refractivity contribution is 0.138. The predicted octanol–water partition coefficient (Wildman–Crippen LogP) is 5.24. The fourth-order valence-electron chi connectivity index (χ4n) is 2.31. The Labute approximate surface area is 144 Å². The molecule has 0 amide bonds. The van der Waals surface area contributed by atoms with Crippen molar-refractivity contribution in [2.75, 3.05) is 5.32 Å². The zero-order valence-electron chi connectivity index (χ0n) is 14.5. The van der Waals surface area contributed by atoms with Gasteiger partial charge in [-0.1, -0.05) is 24.3 Å². The summed E-state index contributed by atoms with van der Waals surface area (Å²) in [5.41, 5.74) is 1.59. The molecule has 0 spiro atoms. The summed E-state index contributed by atoms with van der Waals surface area (Å²) in [6.45, 7) is 7.39. The molecule has 0 saturated heterocycles. The molecule has 1 heterocycles. The first kappa shape index (κ1) is 18.7. The Morgan fingerprint density at radius 1 is 0.958 bits per heavy atom. The van der Waals surface area contributed by atoms with Crippen LogP contribution in [0.1, 0.15) is 39.0 Å². The van der Waals surface area contributed by atoms with Crippen LogP contribution in [-0.4, -0.2) is 17.2 Å². The van der Waals surface area contributed by atoms with Gasteiger partial charge in [0.15, 0.2) is 5.78 Å². The number of nitrogens with one attached hydrogen (secondary N) is 1. The summed E-state index contributed by atoms with van der Waals surface area (Å²) >= 11 is 0. The Morgan fingerprint density at radius 2 is 1.58 bits per heavy atom. The summed E-state index contributed by atoms with van der Waals surface area (Å²) in [5, 5.41) is 3.29. The third-order valence-corrected chi connectivity index (χ3v) is 5.60. The van der Waals surface area contributed by atoms with E-state index in [9.17, 15) is 4.57 Å². The first-order valence-electron chi connectivity index (χ1n) is 8.09. The zero-order chi connectivity index (χ0) is 17.6. The number of benzene rings is 1. The third-order valence-electron chi connectivity index (χ3n) is 3.11. The molecule has 0 aliphatic rings. The number of pyridine rings is 1. The van der Waals surface area contributed by atoms with Crippen LogP contribution in [0.25, 0.3) is 0 Å². The lowest BCUT2D eigenvalue weighted by Gasteiger charge is -2.31. The van der Waals surface area contributed by atoms with Crippen molar-refractivity contribution in [3.8, 4) is 0 Å². The molecule has 0 radical (unpaired) electrons. The zero-order valence-corrected chi connectivity index (χ0v) is 15.4. The Morgan fingerprint density at radius 3 is 2.08 bits per heavy atom. The van der Waals surface area contributed by atoms with Gasteiger partial charge in [0.25, 0.3) is 0 Å². The molecule has 1 atom stereocenters. The van der Waals surface area contributed by atoms with Crippen LogP contribution in [0.15, 0.2) is 54.9 Å². The second-order valence-electron chi connectivity index (χ2n) is 6.05. The van der Waals surface area contributed by atoms with Gasteiger partial charge in [0, 0.05) is 23.6 Å². The summed E-state index contributed by atoms with van der Waals surface area (Å²) in [6, 6.07) is 13.3. The smallest absolute Gasteiger partial charge is 0.357 e. The first-order valence-corrected chi connectivity index (χ1v) is 9.70. The van der Waals surface area contributed by atoms with Crippen molar-refractivity contribution in [1.29, 1.82) is 0 Å². The van der Waals surface area contributed by atoms with Gasteiger partial charge >= 0.3 is 7.60 Å². The molecular formula is C18H25N2O3P. The van der Waals surface area contributed by atoms with Crippen molar-refractivity contribution >= 4 is 13.3 Å². The second kappa shape index (κ2) is 8.43. The molecule has 0 fully saturated rings. The van der Waals surface area contributed by atoms with E-state index < -0.39 is 13.4 Å². The number of aromatic nitrogens is 1. The number of para-hydroxylation sites is 1. The number of hydrogen-bond donors (Lipinski definition) is 1. The topological polar surface area (TPSA) is 60.5 Å². The van der Waals surface area contributed by atoms with E-state index in [4.69, 9.17) is 9.05 Å². The minimum Gasteiger partial charge on any atom is -0.368 e. The van der Waals surface area contributed by atoms with Crippen LogP contribution in [0.2, 0.25) is 0 Å². The maximum atomic E-state index is 13.6. The number of anilines is 1. The highest BCUT2D eigenvalue weighted by Crippen LogP contribution is 2.62. The summed E-state index contributed by atoms with van der Waals surface area (Å²) in [4.78, 5) is 4.15. The maximum Gasteiger partial charge on any atom is 0.357 e. The quantitative estimate of drug-likeness (QED) is 0.662. The fourth-order valence-corrected chi connectivity index (χ4v) is 4.60. The van der Waals surface area contributed by atoms with Crippen LogP contribution in [0.3, 0.4) is 0 Å². The summed E-state index contributed by atoms with van der Waals surface area (Å²) < 4.78 is 25.2. The molecule has 6 heteroatoms. The van der Waals surface area contributed by atoms with Gasteiger partial charge in [0.05, 0.1) is 12.2 Å². The molecule has 2 rings (SSSR count). The van der Waals surface area contributed by atoms with Crippen molar-refractivity contribution in [3.05, 3.63) is 60.4 Å². The van der Waals surface area contributed by atoms with Gasteiger partial charge in [-0.15, -0.1) is 0 Å². The van der Waals surface area contributed by atoms with Crippen LogP contribution in [-0.2, 0) is 13.6 Å². The third kappa shape index (κ3) is 5.17. The summed E-state index contributed by atoms with van der Waals surface area (Å²) in [7, 11) is -3.48. The Hall–Kier alpha value is -1.68. The van der Waals surface area contributed by atoms with Gasteiger partial charge in [0.1, 0.15) is 0 Å². The molecule has 0 aliphatic heterocycles. The minimum absolute atomic E-state index is 0.230. The van der Waals surface area contributed by atoms with Gasteiger partial charge in [0.2, 0.25) is 0 Å². The lowest BCUT2D eigenvalue weighted by Crippen LogP contribution is -2.19. The number of rotatable bonds is 8. The average molecular weight is 348 g/mol. The van der Waals surface area contributed by atoms with Crippen molar-refractivity contribution in [3.63, 3.8) is 0 Å². The highest BCUT2D eigenvalue weighted by molar-refractivity contribution is 7.54. The monoisotopic (exact) mass is 348 g/mol. The van der Waals surface area contributed by atoms with Gasteiger partial charge in [-0.25, -0.2) is 0 Å². The molecular weight excluding hydrogens is 323 g/mol. The van der Waals surface area contributed by atoms with E-state index in [0.29, 0.717) is 0 Å². The molecule has 1 N–H and O–H groups in total. The maximum absolute atomic E-state index is 13.6. The Kier molecular flexibility index (Phi) is 6.55. The van der Waals surface area contributed by atoms with Crippen molar-refractivity contribution in [2.45, 2.75) is 45.7 Å². The standard InChI is InChI=1S/C18H25N2O3P/c1-14(2)22-24(21,23-15(3)4)18(16-9-8-12-19-13-16)20-17-10-6-5-7-11-17/h5-15,18,20H,1-4H3/t18-/m1/s1. The molecule has 24 heavy (non-hydrogen) atoms. The molecule has 5 nitrogen and oxygen atoms in total. The number of hydrogen-bond acceptors (Lipinski definition) is 5. The van der Waals surface area contributed by atoms with E-state index in [0.717, 1.165) is 11.3 Å². The van der Waals surface area contributed by atoms with Gasteiger partial charge in [-0.2, -0.15) is 0 Å². The largest absolute Gasteiger partial charge is 0.368 e. The highest BCUT2D eigenvalue weighted by atomic mass is 31.2. The Balaban J connectivity index is 2.43. The summed E-state index contributed by atoms with van der Waals surface area (Å²) in [5.74, 6) is -0.640. The fraction of sp³-hybridized carbons (Fsp3) is 0.389. The molecule has 2 aromatic rings. The van der Waals surface area contributed by atoms with Crippen LogP contribution in [0, 0.1) is 0 Å². The Bertz CT molecular complexity index is 648. The molecule has 0 bridgehead atoms. The first-order chi connectivity index (χ1) is 11.4. The molecule has 130 valence electrons. The molecule has 0 unspecified atom stereocenters. The van der Waals surface area contributed by atoms with Crippen LogP contribution in [0.5, 0.6) is 0 Å². The second-order valence-corrected chi connectivity index (χ2v) is 8.07. The van der Waals surface area contributed by atoms with E-state index in [1.807, 2.05) is 70.2 Å². The van der Waals surface area contributed by atoms with Gasteiger partial charge in [-0.3, -0.25) is 9.55 Å². The van der Waals surface area contributed by atoms with Crippen molar-refractivity contribution in [2.24, 2.45) is 0 Å². The average Bonchev–Trinajstić information content (AvgIpc) is 2.52. The molecule has 0 aliphatic carbocycles. The number of nitrogens with zero attached hydrogens (tertiary/aromatic N) is 1. The summed E-state index contributed by atoms with van der Waals surface area (Å²) in [6.07, 6.45) is 2.90. The predicted molar refractivity (Wildman–Crippen MR) is 97.1 cm³/mol. The lowest BCUT2D eigenvalue weighted by atomic mass is 10.2. The van der Waals surface area contributed by atoms with E-state index in [1.54, 1.807) is 12.4 Å². The normalized spacial score (nSPS) is 13.2. The molecule has 1 aromatic carbocycles. The molecule has 1 aromatic heterocycles. The highest BCUT2D eigenvalue weighted by Gasteiger charge is 2.39. The van der Waals surface area contributed by atoms with Gasteiger partial charge < -0.3 is 14.4 Å². The van der Waals surface area contributed by atoms with E-state index in [1.165, 1.54) is 0 Å². The van der Waals surface area contributed by atoms with Crippen LogP contribution >= 0.6 is 7.60 Å².